The zero-order chi connectivity index (χ0) is 15.5. The molecule has 1 aromatic heterocycles. The van der Waals surface area contributed by atoms with Gasteiger partial charge in [0.05, 0.1) is 5.69 Å². The lowest BCUT2D eigenvalue weighted by Crippen LogP contribution is -2.26. The first-order valence-corrected chi connectivity index (χ1v) is 7.89. The number of amides is 1. The van der Waals surface area contributed by atoms with Gasteiger partial charge < -0.3 is 0 Å². The molecule has 0 aliphatic carbocycles. The predicted molar refractivity (Wildman–Crippen MR) is 91.5 cm³/mol. The second-order valence-corrected chi connectivity index (χ2v) is 5.90. The minimum atomic E-state index is -0.0351. The van der Waals surface area contributed by atoms with Gasteiger partial charge in [0.2, 0.25) is 0 Å². The van der Waals surface area contributed by atoms with Gasteiger partial charge in [-0.1, -0.05) is 48.5 Å². The SMILES string of the molecule is Cc1ccccc1C(=O)N(C)c1nc(-c2ccccc2)cs1. The molecular formula is C18H16N2OS. The van der Waals surface area contributed by atoms with Crippen LogP contribution < -0.4 is 4.90 Å². The number of benzene rings is 2. The average molecular weight is 308 g/mol. The summed E-state index contributed by atoms with van der Waals surface area (Å²) in [5, 5.41) is 2.68. The number of aryl methyl sites for hydroxylation is 1. The van der Waals surface area contributed by atoms with Gasteiger partial charge in [0.25, 0.3) is 5.91 Å². The molecule has 0 spiro atoms. The van der Waals surface area contributed by atoms with E-state index in [1.165, 1.54) is 11.3 Å². The van der Waals surface area contributed by atoms with Crippen molar-refractivity contribution in [2.24, 2.45) is 0 Å². The predicted octanol–water partition coefficient (Wildman–Crippen LogP) is 4.40. The molecule has 0 aliphatic heterocycles. The molecule has 1 amide bonds. The summed E-state index contributed by atoms with van der Waals surface area (Å²) in [5.41, 5.74) is 3.63. The Morgan fingerprint density at radius 3 is 2.45 bits per heavy atom. The lowest BCUT2D eigenvalue weighted by atomic mass is 10.1. The van der Waals surface area contributed by atoms with E-state index in [0.29, 0.717) is 10.7 Å². The van der Waals surface area contributed by atoms with Crippen molar-refractivity contribution in [1.82, 2.24) is 4.98 Å². The van der Waals surface area contributed by atoms with Gasteiger partial charge in [0.1, 0.15) is 0 Å². The van der Waals surface area contributed by atoms with Crippen LogP contribution in [0, 0.1) is 6.92 Å². The number of carbonyl (C=O) groups is 1. The Balaban J connectivity index is 1.87. The topological polar surface area (TPSA) is 33.2 Å². The lowest BCUT2D eigenvalue weighted by Gasteiger charge is -2.15. The summed E-state index contributed by atoms with van der Waals surface area (Å²) in [6.45, 7) is 1.94. The molecule has 2 aromatic carbocycles. The zero-order valence-electron chi connectivity index (χ0n) is 12.5. The van der Waals surface area contributed by atoms with Crippen molar-refractivity contribution < 1.29 is 4.79 Å². The van der Waals surface area contributed by atoms with Gasteiger partial charge in [-0.2, -0.15) is 0 Å². The van der Waals surface area contributed by atoms with E-state index in [2.05, 4.69) is 4.98 Å². The Bertz CT molecular complexity index is 796. The van der Waals surface area contributed by atoms with Gasteiger partial charge in [0, 0.05) is 23.6 Å². The van der Waals surface area contributed by atoms with E-state index in [0.717, 1.165) is 16.8 Å². The summed E-state index contributed by atoms with van der Waals surface area (Å²) >= 11 is 1.48. The molecule has 110 valence electrons. The molecule has 4 heteroatoms. The highest BCUT2D eigenvalue weighted by atomic mass is 32.1. The minimum Gasteiger partial charge on any atom is -0.287 e. The van der Waals surface area contributed by atoms with Gasteiger partial charge in [-0.15, -0.1) is 11.3 Å². The number of nitrogens with zero attached hydrogens (tertiary/aromatic N) is 2. The van der Waals surface area contributed by atoms with Crippen molar-refractivity contribution in [2.45, 2.75) is 6.92 Å². The third kappa shape index (κ3) is 2.78. The summed E-state index contributed by atoms with van der Waals surface area (Å²) in [6, 6.07) is 17.6. The second-order valence-electron chi connectivity index (χ2n) is 5.06. The molecule has 0 bridgehead atoms. The first-order chi connectivity index (χ1) is 10.7. The molecule has 0 atom stereocenters. The molecular weight excluding hydrogens is 292 g/mol. The van der Waals surface area contributed by atoms with E-state index in [1.54, 1.807) is 11.9 Å². The summed E-state index contributed by atoms with van der Waals surface area (Å²) < 4.78 is 0. The zero-order valence-corrected chi connectivity index (χ0v) is 13.3. The number of thiazole rings is 1. The Kier molecular flexibility index (Phi) is 4.02. The highest BCUT2D eigenvalue weighted by Crippen LogP contribution is 2.27. The molecule has 0 fully saturated rings. The van der Waals surface area contributed by atoms with Crippen LogP contribution in [0.15, 0.2) is 60.0 Å². The molecule has 3 aromatic rings. The highest BCUT2D eigenvalue weighted by Gasteiger charge is 2.18. The Hall–Kier alpha value is -2.46. The first kappa shape index (κ1) is 14.5. The molecule has 0 N–H and O–H groups in total. The van der Waals surface area contributed by atoms with Gasteiger partial charge in [0.15, 0.2) is 5.13 Å². The molecule has 0 aliphatic rings. The smallest absolute Gasteiger partial charge is 0.260 e. The van der Waals surface area contributed by atoms with Crippen molar-refractivity contribution in [1.29, 1.82) is 0 Å². The molecule has 22 heavy (non-hydrogen) atoms. The van der Waals surface area contributed by atoms with Gasteiger partial charge >= 0.3 is 0 Å². The van der Waals surface area contributed by atoms with E-state index in [4.69, 9.17) is 0 Å². The lowest BCUT2D eigenvalue weighted by molar-refractivity contribution is 0.0992. The normalized spacial score (nSPS) is 10.5. The highest BCUT2D eigenvalue weighted by molar-refractivity contribution is 7.14. The summed E-state index contributed by atoms with van der Waals surface area (Å²) in [6.07, 6.45) is 0. The van der Waals surface area contributed by atoms with Gasteiger partial charge in [-0.05, 0) is 18.6 Å². The quantitative estimate of drug-likeness (QED) is 0.718. The van der Waals surface area contributed by atoms with E-state index in [1.807, 2.05) is 66.9 Å². The number of anilines is 1. The van der Waals surface area contributed by atoms with Crippen molar-refractivity contribution in [2.75, 3.05) is 11.9 Å². The average Bonchev–Trinajstić information content (AvgIpc) is 3.05. The fraction of sp³-hybridized carbons (Fsp3) is 0.111. The maximum absolute atomic E-state index is 12.6. The molecule has 1 heterocycles. The van der Waals surface area contributed by atoms with Crippen LogP contribution in [-0.2, 0) is 0 Å². The maximum Gasteiger partial charge on any atom is 0.260 e. The van der Waals surface area contributed by atoms with Crippen molar-refractivity contribution >= 4 is 22.4 Å². The molecule has 0 saturated carbocycles. The van der Waals surface area contributed by atoms with Crippen LogP contribution in [0.2, 0.25) is 0 Å². The van der Waals surface area contributed by atoms with Gasteiger partial charge in [-0.25, -0.2) is 4.98 Å². The maximum atomic E-state index is 12.6. The van der Waals surface area contributed by atoms with Crippen LogP contribution in [0.25, 0.3) is 11.3 Å². The summed E-state index contributed by atoms with van der Waals surface area (Å²) in [4.78, 5) is 18.8. The monoisotopic (exact) mass is 308 g/mol. The Morgan fingerprint density at radius 1 is 1.05 bits per heavy atom. The van der Waals surface area contributed by atoms with E-state index in [-0.39, 0.29) is 5.91 Å². The van der Waals surface area contributed by atoms with Crippen LogP contribution in [0.4, 0.5) is 5.13 Å². The Labute approximate surface area is 133 Å². The van der Waals surface area contributed by atoms with Crippen LogP contribution >= 0.6 is 11.3 Å². The summed E-state index contributed by atoms with van der Waals surface area (Å²) in [7, 11) is 1.77. The second kappa shape index (κ2) is 6.12. The van der Waals surface area contributed by atoms with E-state index >= 15 is 0 Å². The largest absolute Gasteiger partial charge is 0.287 e. The van der Waals surface area contributed by atoms with E-state index < -0.39 is 0 Å². The van der Waals surface area contributed by atoms with Crippen LogP contribution in [0.3, 0.4) is 0 Å². The van der Waals surface area contributed by atoms with Crippen LogP contribution in [-0.4, -0.2) is 17.9 Å². The van der Waals surface area contributed by atoms with Crippen molar-refractivity contribution in [3.05, 3.63) is 71.1 Å². The number of rotatable bonds is 3. The number of carbonyl (C=O) groups excluding carboxylic acids is 1. The number of hydrogen-bond acceptors (Lipinski definition) is 3. The molecule has 0 saturated heterocycles. The molecule has 0 radical (unpaired) electrons. The summed E-state index contributed by atoms with van der Waals surface area (Å²) in [5.74, 6) is -0.0351. The fourth-order valence-electron chi connectivity index (χ4n) is 2.24. The standard InChI is InChI=1S/C18H16N2OS/c1-13-8-6-7-11-15(13)17(21)20(2)18-19-16(12-22-18)14-9-4-3-5-10-14/h3-12H,1-2H3. The number of aromatic nitrogens is 1. The third-order valence-corrected chi connectivity index (χ3v) is 4.45. The first-order valence-electron chi connectivity index (χ1n) is 7.01. The van der Waals surface area contributed by atoms with Crippen LogP contribution in [0.5, 0.6) is 0 Å². The van der Waals surface area contributed by atoms with E-state index in [9.17, 15) is 4.79 Å². The Morgan fingerprint density at radius 2 is 1.73 bits per heavy atom. The molecule has 0 unspecified atom stereocenters. The fourth-order valence-corrected chi connectivity index (χ4v) is 3.04. The van der Waals surface area contributed by atoms with Gasteiger partial charge in [-0.3, -0.25) is 9.69 Å². The molecule has 3 nitrogen and oxygen atoms in total. The minimum absolute atomic E-state index is 0.0351. The number of hydrogen-bond donors (Lipinski definition) is 0. The van der Waals surface area contributed by atoms with Crippen molar-refractivity contribution in [3.8, 4) is 11.3 Å². The third-order valence-electron chi connectivity index (χ3n) is 3.53. The molecule has 3 rings (SSSR count). The van der Waals surface area contributed by atoms with Crippen molar-refractivity contribution in [3.63, 3.8) is 0 Å². The van der Waals surface area contributed by atoms with Crippen LogP contribution in [0.1, 0.15) is 15.9 Å².